The Morgan fingerprint density at radius 1 is 1.43 bits per heavy atom. The van der Waals surface area contributed by atoms with Crippen LogP contribution in [0.15, 0.2) is 17.7 Å². The van der Waals surface area contributed by atoms with Crippen LogP contribution in [0, 0.1) is 0 Å². The molecule has 7 nitrogen and oxygen atoms in total. The summed E-state index contributed by atoms with van der Waals surface area (Å²) in [6, 6.07) is 1.14. The minimum atomic E-state index is 0.477. The van der Waals surface area contributed by atoms with Crippen LogP contribution in [0.2, 0.25) is 0 Å². The van der Waals surface area contributed by atoms with E-state index >= 15 is 0 Å². The monoisotopic (exact) mass is 307 g/mol. The Morgan fingerprint density at radius 3 is 3.05 bits per heavy atom. The van der Waals surface area contributed by atoms with Crippen LogP contribution in [0.1, 0.15) is 38.4 Å². The van der Waals surface area contributed by atoms with Crippen molar-refractivity contribution in [2.45, 2.75) is 56.2 Å². The molecule has 0 bridgehead atoms. The summed E-state index contributed by atoms with van der Waals surface area (Å²) < 4.78 is 4.14. The van der Waals surface area contributed by atoms with Crippen molar-refractivity contribution >= 4 is 11.8 Å². The number of hydrogen-bond acceptors (Lipinski definition) is 6. The van der Waals surface area contributed by atoms with E-state index < -0.39 is 0 Å². The molecule has 0 unspecified atom stereocenters. The second-order valence-corrected chi connectivity index (χ2v) is 6.55. The standard InChI is InChI=1S/C13H21N7S/c1-10(2)15-5-6-20-13(16-17-18-20)21-8-12-7-14-9-19(12)11-3-4-11/h7,9-11,15H,3-6,8H2,1-2H3. The lowest BCUT2D eigenvalue weighted by atomic mass is 10.4. The van der Waals surface area contributed by atoms with Crippen LogP contribution >= 0.6 is 11.8 Å². The van der Waals surface area contributed by atoms with Gasteiger partial charge >= 0.3 is 0 Å². The molecule has 0 aromatic carbocycles. The fraction of sp³-hybridized carbons (Fsp3) is 0.692. The Labute approximate surface area is 128 Å². The zero-order valence-electron chi connectivity index (χ0n) is 12.4. The van der Waals surface area contributed by atoms with E-state index in [1.807, 2.05) is 17.2 Å². The first-order valence-electron chi connectivity index (χ1n) is 7.37. The van der Waals surface area contributed by atoms with Crippen LogP contribution in [0.4, 0.5) is 0 Å². The minimum absolute atomic E-state index is 0.477. The molecule has 0 atom stereocenters. The number of nitrogens with one attached hydrogen (secondary N) is 1. The molecule has 1 N–H and O–H groups in total. The molecule has 1 saturated carbocycles. The summed E-state index contributed by atoms with van der Waals surface area (Å²) in [7, 11) is 0. The second-order valence-electron chi connectivity index (χ2n) is 5.61. The van der Waals surface area contributed by atoms with Crippen molar-refractivity contribution in [2.75, 3.05) is 6.54 Å². The van der Waals surface area contributed by atoms with Gasteiger partial charge in [0.25, 0.3) is 0 Å². The topological polar surface area (TPSA) is 73.5 Å². The maximum Gasteiger partial charge on any atom is 0.209 e. The van der Waals surface area contributed by atoms with E-state index in [9.17, 15) is 0 Å². The number of rotatable bonds is 8. The first kappa shape index (κ1) is 14.5. The van der Waals surface area contributed by atoms with Crippen molar-refractivity contribution in [1.82, 2.24) is 35.1 Å². The van der Waals surface area contributed by atoms with Crippen LogP contribution in [0.5, 0.6) is 0 Å². The minimum Gasteiger partial charge on any atom is -0.331 e. The average molecular weight is 307 g/mol. The first-order chi connectivity index (χ1) is 10.2. The molecule has 114 valence electrons. The van der Waals surface area contributed by atoms with Crippen molar-refractivity contribution in [3.05, 3.63) is 18.2 Å². The second kappa shape index (κ2) is 6.57. The predicted molar refractivity (Wildman–Crippen MR) is 81.0 cm³/mol. The van der Waals surface area contributed by atoms with Crippen LogP contribution in [-0.2, 0) is 12.3 Å². The molecular formula is C13H21N7S. The van der Waals surface area contributed by atoms with Gasteiger partial charge in [0.05, 0.1) is 12.9 Å². The highest BCUT2D eigenvalue weighted by atomic mass is 32.2. The van der Waals surface area contributed by atoms with Crippen LogP contribution < -0.4 is 5.32 Å². The number of aromatic nitrogens is 6. The van der Waals surface area contributed by atoms with Gasteiger partial charge in [0.15, 0.2) is 0 Å². The van der Waals surface area contributed by atoms with Crippen molar-refractivity contribution in [2.24, 2.45) is 0 Å². The summed E-state index contributed by atoms with van der Waals surface area (Å²) in [4.78, 5) is 4.26. The molecule has 2 heterocycles. The molecule has 0 aliphatic heterocycles. The predicted octanol–water partition coefficient (Wildman–Crippen LogP) is 1.49. The molecule has 0 amide bonds. The van der Waals surface area contributed by atoms with Gasteiger partial charge in [-0.3, -0.25) is 0 Å². The largest absolute Gasteiger partial charge is 0.331 e. The Balaban J connectivity index is 1.55. The van der Waals surface area contributed by atoms with Gasteiger partial charge in [0, 0.05) is 36.3 Å². The molecule has 1 aliphatic carbocycles. The van der Waals surface area contributed by atoms with E-state index in [1.54, 1.807) is 11.8 Å². The number of imidazole rings is 1. The SMILES string of the molecule is CC(C)NCCn1nnnc1SCc1cncn1C1CC1. The third-order valence-electron chi connectivity index (χ3n) is 3.41. The molecule has 3 rings (SSSR count). The molecule has 1 fully saturated rings. The van der Waals surface area contributed by atoms with Gasteiger partial charge in [0.2, 0.25) is 5.16 Å². The van der Waals surface area contributed by atoms with E-state index in [-0.39, 0.29) is 0 Å². The van der Waals surface area contributed by atoms with E-state index in [2.05, 4.69) is 44.2 Å². The summed E-state index contributed by atoms with van der Waals surface area (Å²) in [5.74, 6) is 0.856. The van der Waals surface area contributed by atoms with E-state index in [4.69, 9.17) is 0 Å². The van der Waals surface area contributed by atoms with Crippen LogP contribution in [0.3, 0.4) is 0 Å². The Bertz CT molecular complexity index is 573. The normalized spacial score (nSPS) is 15.0. The van der Waals surface area contributed by atoms with Gasteiger partial charge in [-0.15, -0.1) is 5.10 Å². The summed E-state index contributed by atoms with van der Waals surface area (Å²) in [6.07, 6.45) is 6.42. The maximum atomic E-state index is 4.26. The lowest BCUT2D eigenvalue weighted by Crippen LogP contribution is -2.27. The zero-order valence-corrected chi connectivity index (χ0v) is 13.3. The molecule has 0 spiro atoms. The zero-order chi connectivity index (χ0) is 14.7. The van der Waals surface area contributed by atoms with Gasteiger partial charge in [0.1, 0.15) is 0 Å². The molecule has 8 heteroatoms. The Hall–Kier alpha value is -1.41. The third-order valence-corrected chi connectivity index (χ3v) is 4.40. The summed E-state index contributed by atoms with van der Waals surface area (Å²) in [5, 5.41) is 16.2. The first-order valence-corrected chi connectivity index (χ1v) is 8.35. The van der Waals surface area contributed by atoms with Crippen molar-refractivity contribution in [1.29, 1.82) is 0 Å². The van der Waals surface area contributed by atoms with E-state index in [0.29, 0.717) is 12.1 Å². The van der Waals surface area contributed by atoms with Gasteiger partial charge in [-0.2, -0.15) is 0 Å². The molecule has 0 saturated heterocycles. The average Bonchev–Trinajstić information content (AvgIpc) is 3.02. The Kier molecular flexibility index (Phi) is 4.54. The summed E-state index contributed by atoms with van der Waals surface area (Å²) in [5.41, 5.74) is 1.25. The van der Waals surface area contributed by atoms with Gasteiger partial charge < -0.3 is 9.88 Å². The molecule has 1 aliphatic rings. The highest BCUT2D eigenvalue weighted by molar-refractivity contribution is 7.98. The smallest absolute Gasteiger partial charge is 0.209 e. The summed E-state index contributed by atoms with van der Waals surface area (Å²) in [6.45, 7) is 5.92. The molecule has 2 aromatic rings. The van der Waals surface area contributed by atoms with Gasteiger partial charge in [-0.25, -0.2) is 9.67 Å². The van der Waals surface area contributed by atoms with E-state index in [1.165, 1.54) is 18.5 Å². The van der Waals surface area contributed by atoms with Gasteiger partial charge in [-0.05, 0) is 23.3 Å². The number of nitrogens with zero attached hydrogens (tertiary/aromatic N) is 6. The third kappa shape index (κ3) is 3.82. The highest BCUT2D eigenvalue weighted by Gasteiger charge is 2.25. The lowest BCUT2D eigenvalue weighted by Gasteiger charge is -2.09. The molecule has 21 heavy (non-hydrogen) atoms. The fourth-order valence-corrected chi connectivity index (χ4v) is 3.03. The number of tetrazole rings is 1. The Morgan fingerprint density at radius 2 is 2.29 bits per heavy atom. The molecular weight excluding hydrogens is 286 g/mol. The number of hydrogen-bond donors (Lipinski definition) is 1. The van der Waals surface area contributed by atoms with Gasteiger partial charge in [-0.1, -0.05) is 25.6 Å². The lowest BCUT2D eigenvalue weighted by molar-refractivity contribution is 0.485. The molecule has 0 radical (unpaired) electrons. The maximum absolute atomic E-state index is 4.26. The van der Waals surface area contributed by atoms with Crippen molar-refractivity contribution in [3.8, 4) is 0 Å². The quantitative estimate of drug-likeness (QED) is 0.745. The molecule has 2 aromatic heterocycles. The summed E-state index contributed by atoms with van der Waals surface area (Å²) >= 11 is 1.67. The van der Waals surface area contributed by atoms with Crippen molar-refractivity contribution in [3.63, 3.8) is 0 Å². The highest BCUT2D eigenvalue weighted by Crippen LogP contribution is 2.36. The van der Waals surface area contributed by atoms with Crippen LogP contribution in [0.25, 0.3) is 0 Å². The van der Waals surface area contributed by atoms with Crippen LogP contribution in [-0.4, -0.2) is 42.3 Å². The fourth-order valence-electron chi connectivity index (χ4n) is 2.16. The number of thioether (sulfide) groups is 1. The van der Waals surface area contributed by atoms with Crippen molar-refractivity contribution < 1.29 is 0 Å². The van der Waals surface area contributed by atoms with E-state index in [0.717, 1.165) is 24.0 Å².